The molecule has 1 heterocycles. The van der Waals surface area contributed by atoms with Gasteiger partial charge in [-0.25, -0.2) is 13.6 Å². The Morgan fingerprint density at radius 3 is 2.27 bits per heavy atom. The summed E-state index contributed by atoms with van der Waals surface area (Å²) < 4.78 is 33.1. The van der Waals surface area contributed by atoms with E-state index in [1.54, 1.807) is 0 Å². The lowest BCUT2D eigenvalue weighted by atomic mass is 10.1. The van der Waals surface area contributed by atoms with Crippen LogP contribution in [0.2, 0.25) is 0 Å². The second kappa shape index (κ2) is 8.76. The summed E-state index contributed by atoms with van der Waals surface area (Å²) in [6.07, 6.45) is -1.07. The lowest BCUT2D eigenvalue weighted by Crippen LogP contribution is -2.50. The topological polar surface area (TPSA) is 113 Å². The number of hydrogen-bond acceptors (Lipinski definition) is 4. The van der Waals surface area contributed by atoms with Gasteiger partial charge in [-0.1, -0.05) is 6.07 Å². The van der Waals surface area contributed by atoms with Crippen LogP contribution in [0.25, 0.3) is 0 Å². The molecule has 0 unspecified atom stereocenters. The van der Waals surface area contributed by atoms with Gasteiger partial charge in [0, 0.05) is 26.2 Å². The van der Waals surface area contributed by atoms with Crippen molar-refractivity contribution in [1.29, 1.82) is 0 Å². The molecule has 10 heteroatoms. The molecule has 1 aliphatic heterocycles. The van der Waals surface area contributed by atoms with E-state index in [-0.39, 0.29) is 49.7 Å². The van der Waals surface area contributed by atoms with Crippen LogP contribution in [0.15, 0.2) is 36.4 Å². The number of carbonyl (C=O) groups excluding carboxylic acids is 2. The molecular formula is C20H19F2N3O5. The quantitative estimate of drug-likeness (QED) is 0.771. The van der Waals surface area contributed by atoms with Gasteiger partial charge in [-0.15, -0.1) is 0 Å². The molecular weight excluding hydrogens is 400 g/mol. The molecule has 0 bridgehead atoms. The number of piperazine rings is 1. The number of rotatable bonds is 5. The van der Waals surface area contributed by atoms with Crippen molar-refractivity contribution in [2.45, 2.75) is 6.61 Å². The molecule has 158 valence electrons. The van der Waals surface area contributed by atoms with Crippen LogP contribution in [0.5, 0.6) is 5.75 Å². The van der Waals surface area contributed by atoms with E-state index < -0.39 is 29.5 Å². The largest absolute Gasteiger partial charge is 0.488 e. The number of carbonyl (C=O) groups is 3. The molecule has 3 N–H and O–H groups in total. The highest BCUT2D eigenvalue weighted by molar-refractivity contribution is 5.96. The number of hydrogen-bond donors (Lipinski definition) is 2. The molecule has 3 rings (SSSR count). The highest BCUT2D eigenvalue weighted by Crippen LogP contribution is 2.22. The summed E-state index contributed by atoms with van der Waals surface area (Å²) in [5.74, 6) is -2.72. The summed E-state index contributed by atoms with van der Waals surface area (Å²) in [5.41, 5.74) is 5.36. The molecule has 0 aliphatic carbocycles. The predicted molar refractivity (Wildman–Crippen MR) is 101 cm³/mol. The molecule has 2 aromatic rings. The predicted octanol–water partition coefficient (Wildman–Crippen LogP) is 2.08. The molecule has 0 atom stereocenters. The zero-order chi connectivity index (χ0) is 21.8. The molecule has 30 heavy (non-hydrogen) atoms. The van der Waals surface area contributed by atoms with Gasteiger partial charge in [-0.3, -0.25) is 9.59 Å². The Bertz CT molecular complexity index is 990. The van der Waals surface area contributed by atoms with Crippen molar-refractivity contribution in [3.63, 3.8) is 0 Å². The first-order chi connectivity index (χ1) is 14.3. The van der Waals surface area contributed by atoms with Crippen LogP contribution in [-0.4, -0.2) is 59.0 Å². The molecule has 1 aliphatic rings. The number of halogens is 2. The van der Waals surface area contributed by atoms with E-state index in [1.165, 1.54) is 28.0 Å². The van der Waals surface area contributed by atoms with E-state index in [0.29, 0.717) is 5.56 Å². The molecule has 3 amide bonds. The average molecular weight is 419 g/mol. The summed E-state index contributed by atoms with van der Waals surface area (Å²) in [4.78, 5) is 37.7. The summed E-state index contributed by atoms with van der Waals surface area (Å²) >= 11 is 0. The van der Waals surface area contributed by atoms with Gasteiger partial charge < -0.3 is 25.4 Å². The minimum Gasteiger partial charge on any atom is -0.488 e. The smallest absolute Gasteiger partial charge is 0.407 e. The van der Waals surface area contributed by atoms with E-state index in [4.69, 9.17) is 15.6 Å². The Hall–Kier alpha value is -3.69. The first kappa shape index (κ1) is 21.0. The van der Waals surface area contributed by atoms with Crippen LogP contribution in [0.4, 0.5) is 13.6 Å². The van der Waals surface area contributed by atoms with Gasteiger partial charge in [0.15, 0.2) is 0 Å². The zero-order valence-corrected chi connectivity index (χ0v) is 15.8. The molecule has 2 aromatic carbocycles. The van der Waals surface area contributed by atoms with Crippen molar-refractivity contribution in [3.05, 3.63) is 64.7 Å². The molecule has 0 radical (unpaired) electrons. The third-order valence-corrected chi connectivity index (χ3v) is 4.70. The Labute approximate surface area is 170 Å². The van der Waals surface area contributed by atoms with Crippen molar-refractivity contribution >= 4 is 17.9 Å². The Morgan fingerprint density at radius 1 is 0.967 bits per heavy atom. The fourth-order valence-electron chi connectivity index (χ4n) is 3.08. The molecule has 8 nitrogen and oxygen atoms in total. The molecule has 0 spiro atoms. The van der Waals surface area contributed by atoms with Crippen LogP contribution in [0, 0.1) is 11.6 Å². The van der Waals surface area contributed by atoms with E-state index in [2.05, 4.69) is 0 Å². The monoisotopic (exact) mass is 419 g/mol. The fraction of sp³-hybridized carbons (Fsp3) is 0.250. The summed E-state index contributed by atoms with van der Waals surface area (Å²) in [6.45, 7) is 0.489. The Morgan fingerprint density at radius 2 is 1.63 bits per heavy atom. The minimum atomic E-state index is -1.07. The molecule has 0 aromatic heterocycles. The number of nitrogens with two attached hydrogens (primary N) is 1. The van der Waals surface area contributed by atoms with E-state index in [1.807, 2.05) is 0 Å². The van der Waals surface area contributed by atoms with Crippen molar-refractivity contribution in [2.75, 3.05) is 26.2 Å². The molecule has 0 saturated carbocycles. The third-order valence-electron chi connectivity index (χ3n) is 4.70. The second-order valence-corrected chi connectivity index (χ2v) is 6.67. The highest BCUT2D eigenvalue weighted by atomic mass is 19.1. The normalized spacial score (nSPS) is 13.8. The second-order valence-electron chi connectivity index (χ2n) is 6.67. The van der Waals surface area contributed by atoms with Crippen molar-refractivity contribution in [1.82, 2.24) is 9.80 Å². The van der Waals surface area contributed by atoms with Crippen molar-refractivity contribution < 1.29 is 33.0 Å². The number of benzene rings is 2. The summed E-state index contributed by atoms with van der Waals surface area (Å²) in [7, 11) is 0. The lowest BCUT2D eigenvalue weighted by molar-refractivity contribution is 0.0620. The van der Waals surface area contributed by atoms with Crippen LogP contribution in [0.3, 0.4) is 0 Å². The maximum Gasteiger partial charge on any atom is 0.407 e. The standard InChI is InChI=1S/C20H19F2N3O5/c21-13-2-4-17(15(10-13)18(23)26)30-11-12-1-3-16(22)14(9-12)19(27)24-5-7-25(8-6-24)20(28)29/h1-4,9-10H,5-8,11H2,(H2,23,26)(H,28,29). The first-order valence-corrected chi connectivity index (χ1v) is 9.04. The number of ether oxygens (including phenoxy) is 1. The first-order valence-electron chi connectivity index (χ1n) is 9.04. The van der Waals surface area contributed by atoms with Gasteiger partial charge in [-0.2, -0.15) is 0 Å². The van der Waals surface area contributed by atoms with Gasteiger partial charge in [-0.05, 0) is 35.9 Å². The van der Waals surface area contributed by atoms with Crippen molar-refractivity contribution in [2.24, 2.45) is 5.73 Å². The third kappa shape index (κ3) is 4.65. The number of nitrogens with zero attached hydrogens (tertiary/aromatic N) is 2. The van der Waals surface area contributed by atoms with Crippen molar-refractivity contribution in [3.8, 4) is 5.75 Å². The van der Waals surface area contributed by atoms with Crippen LogP contribution < -0.4 is 10.5 Å². The maximum absolute atomic E-state index is 14.3. The number of amides is 3. The zero-order valence-electron chi connectivity index (χ0n) is 15.8. The van der Waals surface area contributed by atoms with Gasteiger partial charge in [0.1, 0.15) is 24.0 Å². The average Bonchev–Trinajstić information content (AvgIpc) is 2.73. The fourth-order valence-corrected chi connectivity index (χ4v) is 3.08. The lowest BCUT2D eigenvalue weighted by Gasteiger charge is -2.33. The number of carboxylic acid groups (broad SMARTS) is 1. The Kier molecular flexibility index (Phi) is 6.14. The molecule has 1 fully saturated rings. The van der Waals surface area contributed by atoms with E-state index in [0.717, 1.165) is 18.2 Å². The SMILES string of the molecule is NC(=O)c1cc(F)ccc1OCc1ccc(F)c(C(=O)N2CCN(C(=O)O)CC2)c1. The van der Waals surface area contributed by atoms with Crippen LogP contribution in [0.1, 0.15) is 26.3 Å². The van der Waals surface area contributed by atoms with E-state index >= 15 is 0 Å². The molecule has 1 saturated heterocycles. The summed E-state index contributed by atoms with van der Waals surface area (Å²) in [5, 5.41) is 8.98. The Balaban J connectivity index is 1.72. The van der Waals surface area contributed by atoms with E-state index in [9.17, 15) is 23.2 Å². The maximum atomic E-state index is 14.3. The summed E-state index contributed by atoms with van der Waals surface area (Å²) in [6, 6.07) is 7.19. The number of primary amides is 1. The van der Waals surface area contributed by atoms with Gasteiger partial charge in [0.05, 0.1) is 11.1 Å². The minimum absolute atomic E-state index is 0.0610. The van der Waals surface area contributed by atoms with Crippen LogP contribution in [-0.2, 0) is 6.61 Å². The van der Waals surface area contributed by atoms with Gasteiger partial charge in [0.2, 0.25) is 0 Å². The van der Waals surface area contributed by atoms with Gasteiger partial charge in [0.25, 0.3) is 11.8 Å². The van der Waals surface area contributed by atoms with Crippen LogP contribution >= 0.6 is 0 Å². The highest BCUT2D eigenvalue weighted by Gasteiger charge is 2.26. The van der Waals surface area contributed by atoms with Gasteiger partial charge >= 0.3 is 6.09 Å².